The molecule has 0 aliphatic carbocycles. The summed E-state index contributed by atoms with van der Waals surface area (Å²) in [5.74, 6) is -0.940. The zero-order chi connectivity index (χ0) is 11.5. The van der Waals surface area contributed by atoms with Crippen LogP contribution < -0.4 is 0 Å². The molecule has 1 atom stereocenters. The molecule has 5 nitrogen and oxygen atoms in total. The third-order valence-corrected chi connectivity index (χ3v) is 2.59. The summed E-state index contributed by atoms with van der Waals surface area (Å²) in [7, 11) is 0. The summed E-state index contributed by atoms with van der Waals surface area (Å²) in [6.07, 6.45) is 1.24. The van der Waals surface area contributed by atoms with E-state index in [9.17, 15) is 14.7 Å². The smallest absolute Gasteiger partial charge is 0.303 e. The first-order valence-corrected chi connectivity index (χ1v) is 5.13. The van der Waals surface area contributed by atoms with Crippen LogP contribution in [0.3, 0.4) is 0 Å². The predicted octanol–water partition coefficient (Wildman–Crippen LogP) is 0.225. The molecule has 1 fully saturated rings. The van der Waals surface area contributed by atoms with Crippen LogP contribution in [0.2, 0.25) is 0 Å². The Kier molecular flexibility index (Phi) is 3.68. The zero-order valence-electron chi connectivity index (χ0n) is 8.90. The molecule has 2 N–H and O–H groups in total. The van der Waals surface area contributed by atoms with Crippen LogP contribution in [0, 0.1) is 0 Å². The average Bonchev–Trinajstić information content (AvgIpc) is 2.45. The second-order valence-corrected chi connectivity index (χ2v) is 4.31. The van der Waals surface area contributed by atoms with Gasteiger partial charge in [-0.1, -0.05) is 0 Å². The van der Waals surface area contributed by atoms with Crippen LogP contribution in [0.4, 0.5) is 0 Å². The lowest BCUT2D eigenvalue weighted by Gasteiger charge is -2.18. The molecule has 0 aromatic heterocycles. The van der Waals surface area contributed by atoms with Crippen molar-refractivity contribution < 1.29 is 19.8 Å². The van der Waals surface area contributed by atoms with Crippen molar-refractivity contribution in [3.8, 4) is 0 Å². The van der Waals surface area contributed by atoms with E-state index in [4.69, 9.17) is 5.11 Å². The number of rotatable bonds is 4. The second kappa shape index (κ2) is 4.61. The van der Waals surface area contributed by atoms with Crippen molar-refractivity contribution in [2.75, 3.05) is 13.1 Å². The Balaban J connectivity index is 2.27. The lowest BCUT2D eigenvalue weighted by molar-refractivity contribution is -0.137. The maximum Gasteiger partial charge on any atom is 0.303 e. The number of carboxylic acids is 1. The number of β-amino-alcohol motifs (C(OH)–C–C–N with tert-alkyl or cyclic N) is 1. The van der Waals surface area contributed by atoms with E-state index in [1.807, 2.05) is 0 Å². The lowest BCUT2D eigenvalue weighted by Crippen LogP contribution is -2.33. The molecule has 0 radical (unpaired) electrons. The quantitative estimate of drug-likeness (QED) is 0.703. The highest BCUT2D eigenvalue weighted by molar-refractivity contribution is 5.77. The van der Waals surface area contributed by atoms with Crippen LogP contribution in [0.25, 0.3) is 0 Å². The van der Waals surface area contributed by atoms with Gasteiger partial charge in [0, 0.05) is 25.9 Å². The Morgan fingerprint density at radius 3 is 2.53 bits per heavy atom. The van der Waals surface area contributed by atoms with Gasteiger partial charge in [0.05, 0.1) is 5.60 Å². The molecule has 1 heterocycles. The largest absolute Gasteiger partial charge is 0.481 e. The standard InChI is InChI=1S/C10H17NO4/c1-10(15)5-6-11(7-10)8(12)3-2-4-9(13)14/h15H,2-7H2,1H3,(H,13,14). The molecule has 1 rings (SSSR count). The second-order valence-electron chi connectivity index (χ2n) is 4.31. The van der Waals surface area contributed by atoms with E-state index < -0.39 is 11.6 Å². The monoisotopic (exact) mass is 215 g/mol. The Labute approximate surface area is 88.7 Å². The third-order valence-electron chi connectivity index (χ3n) is 2.59. The first kappa shape index (κ1) is 12.0. The lowest BCUT2D eigenvalue weighted by atomic mass is 10.1. The minimum atomic E-state index is -0.879. The van der Waals surface area contributed by atoms with E-state index in [2.05, 4.69) is 0 Å². The highest BCUT2D eigenvalue weighted by Gasteiger charge is 2.33. The van der Waals surface area contributed by atoms with Gasteiger partial charge in [-0.25, -0.2) is 0 Å². The van der Waals surface area contributed by atoms with Gasteiger partial charge in [0.2, 0.25) is 5.91 Å². The molecule has 15 heavy (non-hydrogen) atoms. The fourth-order valence-electron chi connectivity index (χ4n) is 1.71. The number of likely N-dealkylation sites (tertiary alicyclic amines) is 1. The van der Waals surface area contributed by atoms with Crippen LogP contribution in [-0.2, 0) is 9.59 Å². The van der Waals surface area contributed by atoms with Crippen molar-refractivity contribution in [3.05, 3.63) is 0 Å². The van der Waals surface area contributed by atoms with E-state index >= 15 is 0 Å². The van der Waals surface area contributed by atoms with Crippen LogP contribution in [0.15, 0.2) is 0 Å². The highest BCUT2D eigenvalue weighted by Crippen LogP contribution is 2.21. The van der Waals surface area contributed by atoms with E-state index in [0.29, 0.717) is 25.9 Å². The molecule has 0 aromatic carbocycles. The number of carboxylic acid groups (broad SMARTS) is 1. The predicted molar refractivity (Wildman–Crippen MR) is 53.3 cm³/mol. The van der Waals surface area contributed by atoms with Gasteiger partial charge >= 0.3 is 5.97 Å². The summed E-state index contributed by atoms with van der Waals surface area (Å²) in [4.78, 5) is 23.4. The molecule has 0 spiro atoms. The molecule has 0 bridgehead atoms. The number of hydrogen-bond donors (Lipinski definition) is 2. The zero-order valence-corrected chi connectivity index (χ0v) is 8.90. The van der Waals surface area contributed by atoms with Crippen LogP contribution >= 0.6 is 0 Å². The molecular formula is C10H17NO4. The first-order valence-electron chi connectivity index (χ1n) is 5.13. The number of aliphatic carboxylic acids is 1. The maximum absolute atomic E-state index is 11.5. The number of carbonyl (C=O) groups excluding carboxylic acids is 1. The Morgan fingerprint density at radius 1 is 1.40 bits per heavy atom. The number of aliphatic hydroxyl groups is 1. The maximum atomic E-state index is 11.5. The van der Waals surface area contributed by atoms with Crippen molar-refractivity contribution >= 4 is 11.9 Å². The van der Waals surface area contributed by atoms with Crippen LogP contribution in [-0.4, -0.2) is 45.7 Å². The van der Waals surface area contributed by atoms with Gasteiger partial charge in [-0.05, 0) is 19.8 Å². The minimum absolute atomic E-state index is 0.0238. The van der Waals surface area contributed by atoms with E-state index in [1.165, 1.54) is 0 Å². The van der Waals surface area contributed by atoms with Gasteiger partial charge in [-0.3, -0.25) is 9.59 Å². The molecule has 0 aromatic rings. The number of amides is 1. The van der Waals surface area contributed by atoms with Gasteiger partial charge in [-0.15, -0.1) is 0 Å². The molecule has 0 saturated carbocycles. The summed E-state index contributed by atoms with van der Waals surface area (Å²) >= 11 is 0. The normalized spacial score (nSPS) is 25.6. The van der Waals surface area contributed by atoms with Gasteiger partial charge in [0.25, 0.3) is 0 Å². The minimum Gasteiger partial charge on any atom is -0.481 e. The van der Waals surface area contributed by atoms with Crippen LogP contribution in [0.1, 0.15) is 32.6 Å². The van der Waals surface area contributed by atoms with Gasteiger partial charge < -0.3 is 15.1 Å². The number of hydrogen-bond acceptors (Lipinski definition) is 3. The van der Waals surface area contributed by atoms with Crippen molar-refractivity contribution in [1.82, 2.24) is 4.90 Å². The molecule has 1 aliphatic rings. The van der Waals surface area contributed by atoms with Gasteiger partial charge in [-0.2, -0.15) is 0 Å². The first-order chi connectivity index (χ1) is 6.91. The van der Waals surface area contributed by atoms with Crippen LogP contribution in [0.5, 0.6) is 0 Å². The van der Waals surface area contributed by atoms with E-state index in [-0.39, 0.29) is 18.7 Å². The summed E-state index contributed by atoms with van der Waals surface area (Å²) in [5.41, 5.74) is -0.775. The van der Waals surface area contributed by atoms with Gasteiger partial charge in [0.15, 0.2) is 0 Å². The number of nitrogens with zero attached hydrogens (tertiary/aromatic N) is 1. The van der Waals surface area contributed by atoms with E-state index in [1.54, 1.807) is 11.8 Å². The summed E-state index contributed by atoms with van der Waals surface area (Å²) in [6, 6.07) is 0. The summed E-state index contributed by atoms with van der Waals surface area (Å²) in [6.45, 7) is 2.63. The molecule has 5 heteroatoms. The molecule has 1 aliphatic heterocycles. The SMILES string of the molecule is CC1(O)CCN(C(=O)CCCC(=O)O)C1. The molecule has 1 unspecified atom stereocenters. The number of carbonyl (C=O) groups is 2. The van der Waals surface area contributed by atoms with E-state index in [0.717, 1.165) is 0 Å². The van der Waals surface area contributed by atoms with Crippen molar-refractivity contribution in [2.24, 2.45) is 0 Å². The molecule has 86 valence electrons. The molecular weight excluding hydrogens is 198 g/mol. The highest BCUT2D eigenvalue weighted by atomic mass is 16.4. The summed E-state index contributed by atoms with van der Waals surface area (Å²) < 4.78 is 0. The Hall–Kier alpha value is -1.10. The molecule has 1 amide bonds. The van der Waals surface area contributed by atoms with Crippen molar-refractivity contribution in [1.29, 1.82) is 0 Å². The fraction of sp³-hybridized carbons (Fsp3) is 0.800. The summed E-state index contributed by atoms with van der Waals surface area (Å²) in [5, 5.41) is 18.0. The molecule has 1 saturated heterocycles. The van der Waals surface area contributed by atoms with Crippen molar-refractivity contribution in [2.45, 2.75) is 38.2 Å². The van der Waals surface area contributed by atoms with Gasteiger partial charge in [0.1, 0.15) is 0 Å². The topological polar surface area (TPSA) is 77.8 Å². The Bertz CT molecular complexity index is 262. The Morgan fingerprint density at radius 2 is 2.07 bits per heavy atom. The fourth-order valence-corrected chi connectivity index (χ4v) is 1.71. The average molecular weight is 215 g/mol. The van der Waals surface area contributed by atoms with Crippen molar-refractivity contribution in [3.63, 3.8) is 0 Å². The third kappa shape index (κ3) is 3.87.